The monoisotopic (exact) mass is 293 g/mol. The van der Waals surface area contributed by atoms with Gasteiger partial charge in [0.2, 0.25) is 0 Å². The molecule has 5 heteroatoms. The van der Waals surface area contributed by atoms with Crippen LogP contribution in [-0.2, 0) is 4.79 Å². The van der Waals surface area contributed by atoms with Crippen LogP contribution in [0.25, 0.3) is 0 Å². The SMILES string of the molecule is Cc1cc(O)ccc1C(=O)NC[C@H](CC(=O)O)CC(C)C. The van der Waals surface area contributed by atoms with E-state index in [0.29, 0.717) is 23.6 Å². The number of hydrogen-bond donors (Lipinski definition) is 3. The number of nitrogens with one attached hydrogen (secondary N) is 1. The quantitative estimate of drug-likeness (QED) is 0.721. The Morgan fingerprint density at radius 1 is 1.29 bits per heavy atom. The van der Waals surface area contributed by atoms with E-state index in [2.05, 4.69) is 5.32 Å². The molecule has 0 aliphatic heterocycles. The van der Waals surface area contributed by atoms with Crippen molar-refractivity contribution in [1.29, 1.82) is 0 Å². The minimum absolute atomic E-state index is 0.0486. The highest BCUT2D eigenvalue weighted by Gasteiger charge is 2.17. The van der Waals surface area contributed by atoms with Crippen LogP contribution < -0.4 is 5.32 Å². The molecule has 0 fully saturated rings. The maximum absolute atomic E-state index is 12.1. The Kier molecular flexibility index (Phi) is 6.21. The Hall–Kier alpha value is -2.04. The van der Waals surface area contributed by atoms with E-state index < -0.39 is 5.97 Å². The van der Waals surface area contributed by atoms with Crippen LogP contribution in [-0.4, -0.2) is 28.6 Å². The molecule has 1 atom stereocenters. The van der Waals surface area contributed by atoms with Gasteiger partial charge in [0.05, 0.1) is 0 Å². The molecule has 0 bridgehead atoms. The van der Waals surface area contributed by atoms with Crippen molar-refractivity contribution in [2.24, 2.45) is 11.8 Å². The number of aromatic hydroxyl groups is 1. The fourth-order valence-electron chi connectivity index (χ4n) is 2.39. The van der Waals surface area contributed by atoms with Crippen LogP contribution in [0.5, 0.6) is 5.75 Å². The molecule has 0 spiro atoms. The number of amides is 1. The summed E-state index contributed by atoms with van der Waals surface area (Å²) in [4.78, 5) is 23.0. The van der Waals surface area contributed by atoms with E-state index >= 15 is 0 Å². The third kappa shape index (κ3) is 5.85. The number of carboxylic acids is 1. The largest absolute Gasteiger partial charge is 0.508 e. The van der Waals surface area contributed by atoms with E-state index in [4.69, 9.17) is 5.11 Å². The summed E-state index contributed by atoms with van der Waals surface area (Å²) in [6, 6.07) is 4.55. The van der Waals surface area contributed by atoms with E-state index in [1.165, 1.54) is 12.1 Å². The molecule has 0 heterocycles. The first-order valence-corrected chi connectivity index (χ1v) is 7.09. The van der Waals surface area contributed by atoms with Gasteiger partial charge in [-0.2, -0.15) is 0 Å². The van der Waals surface area contributed by atoms with Gasteiger partial charge in [-0.1, -0.05) is 13.8 Å². The van der Waals surface area contributed by atoms with Crippen molar-refractivity contribution < 1.29 is 19.8 Å². The molecule has 1 aromatic carbocycles. The maximum atomic E-state index is 12.1. The van der Waals surface area contributed by atoms with Gasteiger partial charge >= 0.3 is 5.97 Å². The standard InChI is InChI=1S/C16H23NO4/c1-10(2)6-12(8-15(19)20)9-17-16(21)14-5-4-13(18)7-11(14)3/h4-5,7,10,12,18H,6,8-9H2,1-3H3,(H,17,21)(H,19,20)/t12-/m0/s1. The molecule has 5 nitrogen and oxygen atoms in total. The van der Waals surface area contributed by atoms with E-state index in [1.54, 1.807) is 13.0 Å². The van der Waals surface area contributed by atoms with Gasteiger partial charge in [0.25, 0.3) is 5.91 Å². The van der Waals surface area contributed by atoms with Gasteiger partial charge in [0.1, 0.15) is 5.75 Å². The highest BCUT2D eigenvalue weighted by atomic mass is 16.4. The number of rotatable bonds is 7. The summed E-state index contributed by atoms with van der Waals surface area (Å²) in [5.41, 5.74) is 1.18. The zero-order chi connectivity index (χ0) is 16.0. The molecule has 0 unspecified atom stereocenters. The highest BCUT2D eigenvalue weighted by Crippen LogP contribution is 2.17. The van der Waals surface area contributed by atoms with E-state index in [9.17, 15) is 14.7 Å². The Morgan fingerprint density at radius 3 is 2.48 bits per heavy atom. The summed E-state index contributed by atoms with van der Waals surface area (Å²) >= 11 is 0. The summed E-state index contributed by atoms with van der Waals surface area (Å²) in [5, 5.41) is 21.0. The first-order chi connectivity index (χ1) is 9.79. The number of carboxylic acid groups (broad SMARTS) is 1. The van der Waals surface area contributed by atoms with Crippen LogP contribution in [0, 0.1) is 18.8 Å². The summed E-state index contributed by atoms with van der Waals surface area (Å²) in [5.74, 6) is -0.680. The fourth-order valence-corrected chi connectivity index (χ4v) is 2.39. The molecule has 0 aromatic heterocycles. The van der Waals surface area contributed by atoms with Gasteiger partial charge in [-0.3, -0.25) is 9.59 Å². The lowest BCUT2D eigenvalue weighted by Gasteiger charge is -2.18. The second-order valence-electron chi connectivity index (χ2n) is 5.80. The lowest BCUT2D eigenvalue weighted by molar-refractivity contribution is -0.138. The Bertz CT molecular complexity index is 511. The lowest BCUT2D eigenvalue weighted by atomic mass is 9.94. The van der Waals surface area contributed by atoms with Crippen LogP contribution in [0.2, 0.25) is 0 Å². The van der Waals surface area contributed by atoms with Gasteiger partial charge in [-0.15, -0.1) is 0 Å². The number of phenolic OH excluding ortho intramolecular Hbond substituents is 1. The number of aliphatic carboxylic acids is 1. The average molecular weight is 293 g/mol. The number of phenols is 1. The number of aryl methyl sites for hydroxylation is 1. The Morgan fingerprint density at radius 2 is 1.95 bits per heavy atom. The smallest absolute Gasteiger partial charge is 0.303 e. The van der Waals surface area contributed by atoms with Crippen LogP contribution in [0.4, 0.5) is 0 Å². The average Bonchev–Trinajstić information content (AvgIpc) is 2.34. The molecule has 0 saturated heterocycles. The van der Waals surface area contributed by atoms with Crippen LogP contribution >= 0.6 is 0 Å². The van der Waals surface area contributed by atoms with Crippen molar-refractivity contribution in [3.63, 3.8) is 0 Å². The molecule has 1 aromatic rings. The third-order valence-corrected chi connectivity index (χ3v) is 3.27. The van der Waals surface area contributed by atoms with Gasteiger partial charge in [-0.05, 0) is 48.9 Å². The number of benzene rings is 1. The van der Waals surface area contributed by atoms with Crippen molar-refractivity contribution in [2.45, 2.75) is 33.6 Å². The van der Waals surface area contributed by atoms with Gasteiger partial charge < -0.3 is 15.5 Å². The van der Waals surface area contributed by atoms with Gasteiger partial charge in [0.15, 0.2) is 0 Å². The molecule has 21 heavy (non-hydrogen) atoms. The van der Waals surface area contributed by atoms with Crippen molar-refractivity contribution >= 4 is 11.9 Å². The minimum atomic E-state index is -0.851. The summed E-state index contributed by atoms with van der Waals surface area (Å²) in [6.07, 6.45) is 0.800. The number of carbonyl (C=O) groups is 2. The molecule has 0 radical (unpaired) electrons. The second kappa shape index (κ2) is 7.67. The van der Waals surface area contributed by atoms with Gasteiger partial charge in [0, 0.05) is 18.5 Å². The van der Waals surface area contributed by atoms with E-state index in [1.807, 2.05) is 13.8 Å². The second-order valence-corrected chi connectivity index (χ2v) is 5.80. The molecule has 116 valence electrons. The maximum Gasteiger partial charge on any atom is 0.303 e. The molecule has 1 rings (SSSR count). The van der Waals surface area contributed by atoms with Crippen LogP contribution in [0.1, 0.15) is 42.6 Å². The Labute approximate surface area is 125 Å². The highest BCUT2D eigenvalue weighted by molar-refractivity contribution is 5.95. The zero-order valence-corrected chi connectivity index (χ0v) is 12.7. The fraction of sp³-hybridized carbons (Fsp3) is 0.500. The predicted molar refractivity (Wildman–Crippen MR) is 80.4 cm³/mol. The van der Waals surface area contributed by atoms with E-state index in [-0.39, 0.29) is 24.0 Å². The van der Waals surface area contributed by atoms with Crippen LogP contribution in [0.15, 0.2) is 18.2 Å². The van der Waals surface area contributed by atoms with E-state index in [0.717, 1.165) is 6.42 Å². The molecular weight excluding hydrogens is 270 g/mol. The van der Waals surface area contributed by atoms with Gasteiger partial charge in [-0.25, -0.2) is 0 Å². The van der Waals surface area contributed by atoms with Crippen molar-refractivity contribution in [3.8, 4) is 5.75 Å². The molecule has 0 aliphatic carbocycles. The number of hydrogen-bond acceptors (Lipinski definition) is 3. The minimum Gasteiger partial charge on any atom is -0.508 e. The van der Waals surface area contributed by atoms with Crippen molar-refractivity contribution in [1.82, 2.24) is 5.32 Å². The molecule has 0 aliphatic rings. The summed E-state index contributed by atoms with van der Waals surface area (Å²) < 4.78 is 0. The first kappa shape index (κ1) is 17.0. The third-order valence-electron chi connectivity index (χ3n) is 3.27. The van der Waals surface area contributed by atoms with Crippen LogP contribution in [0.3, 0.4) is 0 Å². The predicted octanol–water partition coefficient (Wildman–Crippen LogP) is 2.57. The first-order valence-electron chi connectivity index (χ1n) is 7.09. The zero-order valence-electron chi connectivity index (χ0n) is 12.7. The van der Waals surface area contributed by atoms with Crippen molar-refractivity contribution in [3.05, 3.63) is 29.3 Å². The summed E-state index contributed by atoms with van der Waals surface area (Å²) in [7, 11) is 0. The molecular formula is C16H23NO4. The van der Waals surface area contributed by atoms with Crippen molar-refractivity contribution in [2.75, 3.05) is 6.54 Å². The summed E-state index contributed by atoms with van der Waals surface area (Å²) in [6.45, 7) is 6.14. The lowest BCUT2D eigenvalue weighted by Crippen LogP contribution is -2.31. The molecule has 0 saturated carbocycles. The molecule has 1 amide bonds. The molecule has 3 N–H and O–H groups in total. The Balaban J connectivity index is 2.65. The number of carbonyl (C=O) groups excluding carboxylic acids is 1. The topological polar surface area (TPSA) is 86.6 Å². The normalized spacial score (nSPS) is 12.2.